The summed E-state index contributed by atoms with van der Waals surface area (Å²) in [5.41, 5.74) is 1.40. The second kappa shape index (κ2) is 5.61. The molecule has 0 aromatic heterocycles. The van der Waals surface area contributed by atoms with E-state index in [1.165, 1.54) is 7.11 Å². The van der Waals surface area contributed by atoms with E-state index < -0.39 is 5.97 Å². The summed E-state index contributed by atoms with van der Waals surface area (Å²) >= 11 is 5.95. The lowest BCUT2D eigenvalue weighted by molar-refractivity contribution is -0.141. The highest BCUT2D eigenvalue weighted by Gasteiger charge is 2.34. The summed E-state index contributed by atoms with van der Waals surface area (Å²) in [6, 6.07) is 5.29. The van der Waals surface area contributed by atoms with Crippen molar-refractivity contribution in [1.29, 1.82) is 0 Å². The second-order valence-electron chi connectivity index (χ2n) is 4.70. The maximum absolute atomic E-state index is 12.4. The maximum Gasteiger partial charge on any atom is 0.325 e. The molecular weight excluding hydrogens is 266 g/mol. The molecular formula is C14H16ClNO3. The van der Waals surface area contributed by atoms with Crippen molar-refractivity contribution in [1.82, 2.24) is 4.90 Å². The molecule has 0 spiro atoms. The van der Waals surface area contributed by atoms with Gasteiger partial charge in [-0.15, -0.1) is 0 Å². The quantitative estimate of drug-likeness (QED) is 0.796. The lowest BCUT2D eigenvalue weighted by Crippen LogP contribution is -2.38. The predicted molar refractivity (Wildman–Crippen MR) is 72.3 cm³/mol. The average Bonchev–Trinajstić information content (AvgIpc) is 3.22. The fourth-order valence-electron chi connectivity index (χ4n) is 1.90. The number of halogens is 1. The van der Waals surface area contributed by atoms with Crippen molar-refractivity contribution in [3.05, 3.63) is 34.3 Å². The maximum atomic E-state index is 12.4. The molecule has 19 heavy (non-hydrogen) atoms. The smallest absolute Gasteiger partial charge is 0.325 e. The van der Waals surface area contributed by atoms with Crippen molar-refractivity contribution in [3.8, 4) is 0 Å². The van der Waals surface area contributed by atoms with Gasteiger partial charge in [0.2, 0.25) is 0 Å². The highest BCUT2D eigenvalue weighted by molar-refractivity contribution is 6.31. The van der Waals surface area contributed by atoms with Gasteiger partial charge in [0.15, 0.2) is 0 Å². The summed E-state index contributed by atoms with van der Waals surface area (Å²) < 4.78 is 4.63. The summed E-state index contributed by atoms with van der Waals surface area (Å²) in [5.74, 6) is -0.543. The van der Waals surface area contributed by atoms with Crippen molar-refractivity contribution in [2.24, 2.45) is 0 Å². The van der Waals surface area contributed by atoms with Gasteiger partial charge in [-0.1, -0.05) is 11.6 Å². The molecule has 4 nitrogen and oxygen atoms in total. The Morgan fingerprint density at radius 3 is 2.63 bits per heavy atom. The molecule has 0 unspecified atom stereocenters. The van der Waals surface area contributed by atoms with E-state index in [9.17, 15) is 9.59 Å². The third-order valence-corrected chi connectivity index (χ3v) is 3.60. The minimum Gasteiger partial charge on any atom is -0.468 e. The first-order chi connectivity index (χ1) is 9.02. The van der Waals surface area contributed by atoms with E-state index in [0.717, 1.165) is 18.4 Å². The van der Waals surface area contributed by atoms with Crippen LogP contribution in [0.2, 0.25) is 5.02 Å². The number of hydrogen-bond donors (Lipinski definition) is 0. The molecule has 1 fully saturated rings. The molecule has 0 saturated heterocycles. The van der Waals surface area contributed by atoms with Gasteiger partial charge in [0.05, 0.1) is 7.11 Å². The van der Waals surface area contributed by atoms with E-state index >= 15 is 0 Å². The summed E-state index contributed by atoms with van der Waals surface area (Å²) in [6.07, 6.45) is 1.88. The number of rotatable bonds is 4. The van der Waals surface area contributed by atoms with E-state index in [0.29, 0.717) is 10.6 Å². The van der Waals surface area contributed by atoms with Crippen LogP contribution >= 0.6 is 11.6 Å². The first-order valence-electron chi connectivity index (χ1n) is 6.17. The van der Waals surface area contributed by atoms with Gasteiger partial charge < -0.3 is 9.64 Å². The molecule has 0 aliphatic heterocycles. The Morgan fingerprint density at radius 2 is 2.11 bits per heavy atom. The fraction of sp³-hybridized carbons (Fsp3) is 0.429. The van der Waals surface area contributed by atoms with Crippen LogP contribution in [-0.2, 0) is 9.53 Å². The normalized spacial score (nSPS) is 14.1. The number of methoxy groups -OCH3 is 1. The zero-order chi connectivity index (χ0) is 14.0. The van der Waals surface area contributed by atoms with Gasteiger partial charge in [-0.2, -0.15) is 0 Å². The number of carbonyl (C=O) groups is 2. The van der Waals surface area contributed by atoms with Crippen molar-refractivity contribution >= 4 is 23.5 Å². The lowest BCUT2D eigenvalue weighted by atomic mass is 10.1. The summed E-state index contributed by atoms with van der Waals surface area (Å²) in [4.78, 5) is 25.4. The van der Waals surface area contributed by atoms with Gasteiger partial charge in [-0.25, -0.2) is 0 Å². The molecule has 5 heteroatoms. The molecule has 1 saturated carbocycles. The fourth-order valence-corrected chi connectivity index (χ4v) is 2.02. The topological polar surface area (TPSA) is 46.6 Å². The standard InChI is InChI=1S/C14H16ClNO3/c1-9-7-10(3-6-12(9)15)14(18)16(11-4-5-11)8-13(17)19-2/h3,6-7,11H,4-5,8H2,1-2H3. The third-order valence-electron chi connectivity index (χ3n) is 3.18. The molecule has 102 valence electrons. The van der Waals surface area contributed by atoms with Crippen LogP contribution < -0.4 is 0 Å². The summed E-state index contributed by atoms with van der Waals surface area (Å²) in [5, 5.41) is 0.627. The van der Waals surface area contributed by atoms with Crippen LogP contribution in [0.15, 0.2) is 18.2 Å². The molecule has 0 bridgehead atoms. The zero-order valence-electron chi connectivity index (χ0n) is 11.0. The minimum atomic E-state index is -0.397. The van der Waals surface area contributed by atoms with Crippen molar-refractivity contribution in [2.75, 3.05) is 13.7 Å². The van der Waals surface area contributed by atoms with Crippen LogP contribution in [0, 0.1) is 6.92 Å². The SMILES string of the molecule is COC(=O)CN(C(=O)c1ccc(Cl)c(C)c1)C1CC1. The van der Waals surface area contributed by atoms with Gasteiger partial charge in [0, 0.05) is 16.6 Å². The molecule has 1 aliphatic carbocycles. The highest BCUT2D eigenvalue weighted by atomic mass is 35.5. The van der Waals surface area contributed by atoms with E-state index in [1.807, 2.05) is 6.92 Å². The number of nitrogens with zero attached hydrogens (tertiary/aromatic N) is 1. The van der Waals surface area contributed by atoms with Gasteiger partial charge in [0.1, 0.15) is 6.54 Å². The Kier molecular flexibility index (Phi) is 4.10. The van der Waals surface area contributed by atoms with Gasteiger partial charge in [-0.05, 0) is 43.5 Å². The van der Waals surface area contributed by atoms with Crippen LogP contribution in [-0.4, -0.2) is 36.5 Å². The van der Waals surface area contributed by atoms with Crippen LogP contribution in [0.3, 0.4) is 0 Å². The zero-order valence-corrected chi connectivity index (χ0v) is 11.7. The van der Waals surface area contributed by atoms with Crippen LogP contribution in [0.4, 0.5) is 0 Å². The number of hydrogen-bond acceptors (Lipinski definition) is 3. The number of amides is 1. The largest absolute Gasteiger partial charge is 0.468 e. The lowest BCUT2D eigenvalue weighted by Gasteiger charge is -2.21. The minimum absolute atomic E-state index is 0.00166. The molecule has 0 atom stereocenters. The van der Waals surface area contributed by atoms with Crippen molar-refractivity contribution < 1.29 is 14.3 Å². The summed E-state index contributed by atoms with van der Waals surface area (Å²) in [7, 11) is 1.32. The number of carbonyl (C=O) groups excluding carboxylic acids is 2. The van der Waals surface area contributed by atoms with E-state index in [-0.39, 0.29) is 18.5 Å². The summed E-state index contributed by atoms with van der Waals surface area (Å²) in [6.45, 7) is 1.85. The van der Waals surface area contributed by atoms with Crippen LogP contribution in [0.1, 0.15) is 28.8 Å². The third kappa shape index (κ3) is 3.26. The first kappa shape index (κ1) is 13.9. The van der Waals surface area contributed by atoms with Crippen molar-refractivity contribution in [2.45, 2.75) is 25.8 Å². The van der Waals surface area contributed by atoms with E-state index in [4.69, 9.17) is 11.6 Å². The molecule has 1 aliphatic rings. The molecule has 1 aromatic rings. The van der Waals surface area contributed by atoms with Crippen LogP contribution in [0.25, 0.3) is 0 Å². The van der Waals surface area contributed by atoms with Crippen LogP contribution in [0.5, 0.6) is 0 Å². The molecule has 0 heterocycles. The van der Waals surface area contributed by atoms with Gasteiger partial charge >= 0.3 is 5.97 Å². The highest BCUT2D eigenvalue weighted by Crippen LogP contribution is 2.28. The van der Waals surface area contributed by atoms with Crippen molar-refractivity contribution in [3.63, 3.8) is 0 Å². The number of ether oxygens (including phenoxy) is 1. The number of benzene rings is 1. The molecule has 0 radical (unpaired) electrons. The van der Waals surface area contributed by atoms with E-state index in [2.05, 4.69) is 4.74 Å². The Hall–Kier alpha value is -1.55. The predicted octanol–water partition coefficient (Wildman–Crippen LogP) is 2.43. The number of esters is 1. The molecule has 1 amide bonds. The number of aryl methyl sites for hydroxylation is 1. The molecule has 2 rings (SSSR count). The van der Waals surface area contributed by atoms with E-state index in [1.54, 1.807) is 23.1 Å². The monoisotopic (exact) mass is 281 g/mol. The Labute approximate surface area is 117 Å². The second-order valence-corrected chi connectivity index (χ2v) is 5.11. The Bertz CT molecular complexity index is 511. The molecule has 0 N–H and O–H groups in total. The Morgan fingerprint density at radius 1 is 1.42 bits per heavy atom. The van der Waals surface area contributed by atoms with Gasteiger partial charge in [0.25, 0.3) is 5.91 Å². The van der Waals surface area contributed by atoms with Gasteiger partial charge in [-0.3, -0.25) is 9.59 Å². The molecule has 1 aromatic carbocycles. The first-order valence-corrected chi connectivity index (χ1v) is 6.54. The Balaban J connectivity index is 2.18. The average molecular weight is 282 g/mol.